The van der Waals surface area contributed by atoms with Gasteiger partial charge in [-0.3, -0.25) is 4.98 Å². The van der Waals surface area contributed by atoms with E-state index in [4.69, 9.17) is 4.98 Å². The molecule has 4 nitrogen and oxygen atoms in total. The summed E-state index contributed by atoms with van der Waals surface area (Å²) in [7, 11) is 0. The minimum atomic E-state index is -0.260. The van der Waals surface area contributed by atoms with Crippen LogP contribution in [0.15, 0.2) is 79.1 Å². The van der Waals surface area contributed by atoms with Crippen molar-refractivity contribution >= 4 is 21.8 Å². The molecule has 0 aliphatic carbocycles. The van der Waals surface area contributed by atoms with Crippen molar-refractivity contribution in [1.82, 2.24) is 19.7 Å². The van der Waals surface area contributed by atoms with Gasteiger partial charge in [0.1, 0.15) is 5.82 Å². The number of hydrogen-bond acceptors (Lipinski definition) is 3. The van der Waals surface area contributed by atoms with Crippen LogP contribution in [0.1, 0.15) is 0 Å². The first kappa shape index (κ1) is 14.7. The van der Waals surface area contributed by atoms with Crippen LogP contribution in [0.4, 0.5) is 4.39 Å². The third kappa shape index (κ3) is 2.41. The van der Waals surface area contributed by atoms with Gasteiger partial charge in [0.25, 0.3) is 0 Å². The molecule has 0 amide bonds. The fraction of sp³-hybridized carbons (Fsp3) is 0. The summed E-state index contributed by atoms with van der Waals surface area (Å²) < 4.78 is 14.8. The molecule has 0 unspecified atom stereocenters. The van der Waals surface area contributed by atoms with Gasteiger partial charge in [0, 0.05) is 28.7 Å². The summed E-state index contributed by atoms with van der Waals surface area (Å²) >= 11 is 0. The first-order valence-corrected chi connectivity index (χ1v) is 8.24. The van der Waals surface area contributed by atoms with Gasteiger partial charge < -0.3 is 0 Å². The molecule has 0 N–H and O–H groups in total. The summed E-state index contributed by atoms with van der Waals surface area (Å²) in [5.74, 6) is 0.452. The molecule has 26 heavy (non-hydrogen) atoms. The Morgan fingerprint density at radius 2 is 1.54 bits per heavy atom. The number of rotatable bonds is 2. The zero-order valence-corrected chi connectivity index (χ0v) is 13.7. The second kappa shape index (κ2) is 5.74. The lowest BCUT2D eigenvalue weighted by Gasteiger charge is -2.05. The number of pyridine rings is 2. The zero-order chi connectivity index (χ0) is 17.5. The van der Waals surface area contributed by atoms with E-state index in [0.717, 1.165) is 33.1 Å². The molecular weight excluding hydrogens is 327 g/mol. The highest BCUT2D eigenvalue weighted by Gasteiger charge is 2.08. The van der Waals surface area contributed by atoms with Crippen molar-refractivity contribution in [3.8, 4) is 17.1 Å². The molecule has 2 aromatic carbocycles. The molecule has 5 rings (SSSR count). The predicted octanol–water partition coefficient (Wildman–Crippen LogP) is 4.77. The van der Waals surface area contributed by atoms with E-state index in [1.807, 2.05) is 48.7 Å². The van der Waals surface area contributed by atoms with E-state index in [1.54, 1.807) is 23.0 Å². The van der Waals surface area contributed by atoms with Gasteiger partial charge in [0.05, 0.1) is 16.7 Å². The van der Waals surface area contributed by atoms with Crippen molar-refractivity contribution in [3.05, 3.63) is 84.9 Å². The summed E-state index contributed by atoms with van der Waals surface area (Å²) in [4.78, 5) is 9.25. The van der Waals surface area contributed by atoms with Crippen LogP contribution < -0.4 is 0 Å². The SMILES string of the molecule is Fc1ccc(-c2ccn(-c3ccc4ccc5cccnc5c4n3)n2)cc1. The van der Waals surface area contributed by atoms with Crippen molar-refractivity contribution in [2.75, 3.05) is 0 Å². The molecule has 0 atom stereocenters. The highest BCUT2D eigenvalue weighted by molar-refractivity contribution is 6.02. The fourth-order valence-corrected chi connectivity index (χ4v) is 3.07. The summed E-state index contributed by atoms with van der Waals surface area (Å²) in [5, 5.41) is 6.66. The Hall–Kier alpha value is -3.60. The summed E-state index contributed by atoms with van der Waals surface area (Å²) in [6.07, 6.45) is 3.63. The summed E-state index contributed by atoms with van der Waals surface area (Å²) in [6.45, 7) is 0. The Morgan fingerprint density at radius 1 is 0.769 bits per heavy atom. The van der Waals surface area contributed by atoms with Crippen LogP contribution >= 0.6 is 0 Å². The van der Waals surface area contributed by atoms with Gasteiger partial charge in [-0.25, -0.2) is 14.1 Å². The number of nitrogens with zero attached hydrogens (tertiary/aromatic N) is 4. The van der Waals surface area contributed by atoms with E-state index in [-0.39, 0.29) is 5.82 Å². The van der Waals surface area contributed by atoms with E-state index < -0.39 is 0 Å². The van der Waals surface area contributed by atoms with Crippen molar-refractivity contribution in [2.24, 2.45) is 0 Å². The number of fused-ring (bicyclic) bond motifs is 3. The highest BCUT2D eigenvalue weighted by atomic mass is 19.1. The second-order valence-corrected chi connectivity index (χ2v) is 6.03. The van der Waals surface area contributed by atoms with Gasteiger partial charge in [0.15, 0.2) is 5.82 Å². The first-order valence-electron chi connectivity index (χ1n) is 8.24. The maximum atomic E-state index is 13.1. The van der Waals surface area contributed by atoms with Crippen molar-refractivity contribution in [3.63, 3.8) is 0 Å². The Kier molecular flexibility index (Phi) is 3.25. The third-order valence-electron chi connectivity index (χ3n) is 4.38. The molecule has 5 heteroatoms. The molecule has 0 aliphatic rings. The van der Waals surface area contributed by atoms with E-state index in [2.05, 4.69) is 10.1 Å². The molecule has 0 radical (unpaired) electrons. The second-order valence-electron chi connectivity index (χ2n) is 6.03. The number of hydrogen-bond donors (Lipinski definition) is 0. The molecule has 0 aliphatic heterocycles. The average Bonchev–Trinajstić information content (AvgIpc) is 3.18. The zero-order valence-electron chi connectivity index (χ0n) is 13.7. The Bertz CT molecular complexity index is 1240. The third-order valence-corrected chi connectivity index (χ3v) is 4.38. The first-order chi connectivity index (χ1) is 12.8. The van der Waals surface area contributed by atoms with Crippen molar-refractivity contribution in [1.29, 1.82) is 0 Å². The standard InChI is InChI=1S/C21H13FN4/c22-17-8-5-14(6-9-17)18-11-13-26(25-18)19-10-7-16-4-3-15-2-1-12-23-20(15)21(16)24-19/h1-13H. The number of halogens is 1. The molecule has 0 fully saturated rings. The van der Waals surface area contributed by atoms with E-state index in [9.17, 15) is 4.39 Å². The van der Waals surface area contributed by atoms with Crippen LogP contribution in [-0.4, -0.2) is 19.7 Å². The highest BCUT2D eigenvalue weighted by Crippen LogP contribution is 2.24. The summed E-state index contributed by atoms with van der Waals surface area (Å²) in [5.41, 5.74) is 3.35. The minimum absolute atomic E-state index is 0.260. The molecule has 3 heterocycles. The predicted molar refractivity (Wildman–Crippen MR) is 99.6 cm³/mol. The quantitative estimate of drug-likeness (QED) is 0.435. The molecule has 124 valence electrons. The van der Waals surface area contributed by atoms with Gasteiger partial charge in [-0.2, -0.15) is 5.10 Å². The van der Waals surface area contributed by atoms with Crippen LogP contribution in [0.3, 0.4) is 0 Å². The van der Waals surface area contributed by atoms with Gasteiger partial charge in [-0.05, 0) is 48.5 Å². The topological polar surface area (TPSA) is 43.6 Å². The number of aromatic nitrogens is 4. The van der Waals surface area contributed by atoms with Gasteiger partial charge in [-0.1, -0.05) is 18.2 Å². The van der Waals surface area contributed by atoms with E-state index in [1.165, 1.54) is 12.1 Å². The van der Waals surface area contributed by atoms with Crippen molar-refractivity contribution < 1.29 is 4.39 Å². The Morgan fingerprint density at radius 3 is 2.38 bits per heavy atom. The lowest BCUT2D eigenvalue weighted by molar-refractivity contribution is 0.628. The molecule has 3 aromatic heterocycles. The minimum Gasteiger partial charge on any atom is -0.254 e. The largest absolute Gasteiger partial charge is 0.254 e. The van der Waals surface area contributed by atoms with E-state index >= 15 is 0 Å². The number of benzene rings is 2. The van der Waals surface area contributed by atoms with Crippen LogP contribution in [-0.2, 0) is 0 Å². The molecule has 5 aromatic rings. The van der Waals surface area contributed by atoms with Crippen LogP contribution in [0, 0.1) is 5.82 Å². The average molecular weight is 340 g/mol. The Balaban J connectivity index is 1.63. The van der Waals surface area contributed by atoms with Crippen LogP contribution in [0.5, 0.6) is 0 Å². The van der Waals surface area contributed by atoms with Crippen LogP contribution in [0.2, 0.25) is 0 Å². The lowest BCUT2D eigenvalue weighted by Crippen LogP contribution is -1.99. The maximum Gasteiger partial charge on any atom is 0.154 e. The molecular formula is C21H13FN4. The van der Waals surface area contributed by atoms with E-state index in [0.29, 0.717) is 5.82 Å². The molecule has 0 saturated heterocycles. The summed E-state index contributed by atoms with van der Waals surface area (Å²) in [6, 6.07) is 20.2. The van der Waals surface area contributed by atoms with Gasteiger partial charge >= 0.3 is 0 Å². The van der Waals surface area contributed by atoms with Crippen LogP contribution in [0.25, 0.3) is 38.9 Å². The maximum absolute atomic E-state index is 13.1. The molecule has 0 saturated carbocycles. The molecule has 0 bridgehead atoms. The van der Waals surface area contributed by atoms with Gasteiger partial charge in [0.2, 0.25) is 0 Å². The fourth-order valence-electron chi connectivity index (χ4n) is 3.07. The smallest absolute Gasteiger partial charge is 0.154 e. The monoisotopic (exact) mass is 340 g/mol. The molecule has 0 spiro atoms. The Labute approximate surface area is 148 Å². The van der Waals surface area contributed by atoms with Gasteiger partial charge in [-0.15, -0.1) is 0 Å². The van der Waals surface area contributed by atoms with Crippen molar-refractivity contribution in [2.45, 2.75) is 0 Å². The lowest BCUT2D eigenvalue weighted by atomic mass is 10.1. The normalized spacial score (nSPS) is 11.3.